The van der Waals surface area contributed by atoms with Crippen LogP contribution in [-0.4, -0.2) is 22.2 Å². The van der Waals surface area contributed by atoms with Crippen LogP contribution in [0.25, 0.3) is 0 Å². The lowest BCUT2D eigenvalue weighted by Gasteiger charge is -2.21. The van der Waals surface area contributed by atoms with Crippen molar-refractivity contribution in [2.24, 2.45) is 0 Å². The van der Waals surface area contributed by atoms with E-state index >= 15 is 0 Å². The lowest BCUT2D eigenvalue weighted by atomic mass is 10.1. The number of ether oxygens (including phenoxy) is 1. The Bertz CT molecular complexity index is 491. The Balaban J connectivity index is 1.99. The Labute approximate surface area is 132 Å². The van der Waals surface area contributed by atoms with E-state index in [2.05, 4.69) is 15.5 Å². The summed E-state index contributed by atoms with van der Waals surface area (Å²) in [6, 6.07) is 0. The fourth-order valence-electron chi connectivity index (χ4n) is 2.88. The molecule has 1 N–H and O–H groups in total. The summed E-state index contributed by atoms with van der Waals surface area (Å²) in [5.74, 6) is 0.811. The van der Waals surface area contributed by atoms with E-state index in [1.165, 1.54) is 32.6 Å². The molecule has 1 fully saturated rings. The molecule has 22 heavy (non-hydrogen) atoms. The van der Waals surface area contributed by atoms with Crippen molar-refractivity contribution in [3.63, 3.8) is 0 Å². The number of carbonyl (C=O) groups excluding carboxylic acids is 1. The number of aromatic nitrogens is 2. The SMILES string of the molecule is CC(=O)NC(C)(C)c1noc([C@@H](C)OC2CCCCCC2)n1. The molecule has 0 spiro atoms. The first-order chi connectivity index (χ1) is 10.4. The molecule has 1 saturated carbocycles. The van der Waals surface area contributed by atoms with Gasteiger partial charge in [-0.3, -0.25) is 4.79 Å². The maximum absolute atomic E-state index is 11.2. The first-order valence-electron chi connectivity index (χ1n) is 8.17. The molecule has 0 saturated heterocycles. The first-order valence-corrected chi connectivity index (χ1v) is 8.17. The third-order valence-electron chi connectivity index (χ3n) is 4.04. The molecule has 2 rings (SSSR count). The molecular formula is C16H27N3O3. The second-order valence-electron chi connectivity index (χ2n) is 6.65. The molecule has 1 aromatic heterocycles. The van der Waals surface area contributed by atoms with Crippen LogP contribution < -0.4 is 5.32 Å². The highest BCUT2D eigenvalue weighted by molar-refractivity contribution is 5.73. The normalized spacial score (nSPS) is 18.7. The molecule has 1 aromatic rings. The summed E-state index contributed by atoms with van der Waals surface area (Å²) in [6.07, 6.45) is 7.29. The third kappa shape index (κ3) is 4.53. The van der Waals surface area contributed by atoms with E-state index in [1.807, 2.05) is 20.8 Å². The summed E-state index contributed by atoms with van der Waals surface area (Å²) < 4.78 is 11.4. The number of amides is 1. The Morgan fingerprint density at radius 3 is 2.55 bits per heavy atom. The molecule has 124 valence electrons. The predicted molar refractivity (Wildman–Crippen MR) is 82.1 cm³/mol. The van der Waals surface area contributed by atoms with Gasteiger partial charge in [0.15, 0.2) is 5.82 Å². The Morgan fingerprint density at radius 2 is 1.95 bits per heavy atom. The van der Waals surface area contributed by atoms with E-state index in [0.29, 0.717) is 11.7 Å². The van der Waals surface area contributed by atoms with Gasteiger partial charge in [0, 0.05) is 6.92 Å². The second kappa shape index (κ2) is 7.22. The van der Waals surface area contributed by atoms with Crippen LogP contribution in [0.3, 0.4) is 0 Å². The Hall–Kier alpha value is -1.43. The van der Waals surface area contributed by atoms with Crippen molar-refractivity contribution in [2.45, 2.75) is 84.0 Å². The van der Waals surface area contributed by atoms with Gasteiger partial charge in [0.05, 0.1) is 11.6 Å². The van der Waals surface area contributed by atoms with Crippen LogP contribution in [0.4, 0.5) is 0 Å². The number of rotatable bonds is 5. The molecule has 0 aromatic carbocycles. The lowest BCUT2D eigenvalue weighted by Crippen LogP contribution is -2.40. The van der Waals surface area contributed by atoms with Gasteiger partial charge in [-0.2, -0.15) is 4.98 Å². The molecule has 1 amide bonds. The number of hydrogen-bond acceptors (Lipinski definition) is 5. The summed E-state index contributed by atoms with van der Waals surface area (Å²) in [6.45, 7) is 7.11. The van der Waals surface area contributed by atoms with E-state index in [4.69, 9.17) is 9.26 Å². The van der Waals surface area contributed by atoms with Crippen LogP contribution in [0.5, 0.6) is 0 Å². The van der Waals surface area contributed by atoms with Crippen molar-refractivity contribution in [1.82, 2.24) is 15.5 Å². The third-order valence-corrected chi connectivity index (χ3v) is 4.04. The molecule has 1 heterocycles. The first kappa shape index (κ1) is 16.9. The Kier molecular flexibility index (Phi) is 5.56. The zero-order valence-electron chi connectivity index (χ0n) is 14.0. The fraction of sp³-hybridized carbons (Fsp3) is 0.812. The topological polar surface area (TPSA) is 77.2 Å². The van der Waals surface area contributed by atoms with E-state index in [0.717, 1.165) is 12.8 Å². The highest BCUT2D eigenvalue weighted by atomic mass is 16.5. The minimum absolute atomic E-state index is 0.126. The molecule has 1 atom stereocenters. The number of carbonyl (C=O) groups is 1. The van der Waals surface area contributed by atoms with Crippen molar-refractivity contribution < 1.29 is 14.1 Å². The van der Waals surface area contributed by atoms with Crippen molar-refractivity contribution in [3.05, 3.63) is 11.7 Å². The number of hydrogen-bond donors (Lipinski definition) is 1. The second-order valence-corrected chi connectivity index (χ2v) is 6.65. The highest BCUT2D eigenvalue weighted by Crippen LogP contribution is 2.26. The molecule has 0 aliphatic heterocycles. The van der Waals surface area contributed by atoms with Gasteiger partial charge in [0.25, 0.3) is 5.89 Å². The molecule has 0 unspecified atom stereocenters. The largest absolute Gasteiger partial charge is 0.365 e. The van der Waals surface area contributed by atoms with Gasteiger partial charge in [0.1, 0.15) is 6.10 Å². The molecule has 1 aliphatic carbocycles. The summed E-state index contributed by atoms with van der Waals surface area (Å²) in [5.41, 5.74) is -0.657. The maximum atomic E-state index is 11.2. The highest BCUT2D eigenvalue weighted by Gasteiger charge is 2.29. The number of nitrogens with zero attached hydrogens (tertiary/aromatic N) is 2. The summed E-state index contributed by atoms with van der Waals surface area (Å²) in [5, 5.41) is 6.81. The average molecular weight is 309 g/mol. The quantitative estimate of drug-likeness (QED) is 0.845. The van der Waals surface area contributed by atoms with Crippen molar-refractivity contribution in [1.29, 1.82) is 0 Å². The molecule has 6 heteroatoms. The van der Waals surface area contributed by atoms with E-state index in [1.54, 1.807) is 0 Å². The van der Waals surface area contributed by atoms with Gasteiger partial charge >= 0.3 is 0 Å². The number of nitrogens with one attached hydrogen (secondary N) is 1. The fourth-order valence-corrected chi connectivity index (χ4v) is 2.88. The molecule has 0 bridgehead atoms. The van der Waals surface area contributed by atoms with E-state index < -0.39 is 5.54 Å². The van der Waals surface area contributed by atoms with Gasteiger partial charge in [0.2, 0.25) is 5.91 Å². The van der Waals surface area contributed by atoms with Crippen LogP contribution in [0.2, 0.25) is 0 Å². The van der Waals surface area contributed by atoms with E-state index in [-0.39, 0.29) is 18.1 Å². The summed E-state index contributed by atoms with van der Waals surface area (Å²) in [7, 11) is 0. The summed E-state index contributed by atoms with van der Waals surface area (Å²) in [4.78, 5) is 15.7. The minimum Gasteiger partial charge on any atom is -0.365 e. The van der Waals surface area contributed by atoms with Crippen molar-refractivity contribution in [2.75, 3.05) is 0 Å². The standard InChI is InChI=1S/C16H27N3O3/c1-11(21-13-9-7-5-6-8-10-13)14-17-15(19-22-14)16(3,4)18-12(2)20/h11,13H,5-10H2,1-4H3,(H,18,20)/t11-/m1/s1. The van der Waals surface area contributed by atoms with Crippen molar-refractivity contribution >= 4 is 5.91 Å². The van der Waals surface area contributed by atoms with Gasteiger partial charge < -0.3 is 14.6 Å². The van der Waals surface area contributed by atoms with E-state index in [9.17, 15) is 4.79 Å². The molecule has 0 radical (unpaired) electrons. The maximum Gasteiger partial charge on any atom is 0.255 e. The lowest BCUT2D eigenvalue weighted by molar-refractivity contribution is -0.120. The molecular weight excluding hydrogens is 282 g/mol. The van der Waals surface area contributed by atoms with Crippen LogP contribution in [0, 0.1) is 0 Å². The average Bonchev–Trinajstić information content (AvgIpc) is 2.79. The molecule has 1 aliphatic rings. The van der Waals surface area contributed by atoms with Gasteiger partial charge in [-0.15, -0.1) is 0 Å². The summed E-state index contributed by atoms with van der Waals surface area (Å²) >= 11 is 0. The van der Waals surface area contributed by atoms with Crippen molar-refractivity contribution in [3.8, 4) is 0 Å². The van der Waals surface area contributed by atoms with Gasteiger partial charge in [-0.25, -0.2) is 0 Å². The smallest absolute Gasteiger partial charge is 0.255 e. The monoisotopic (exact) mass is 309 g/mol. The zero-order valence-corrected chi connectivity index (χ0v) is 14.0. The van der Waals surface area contributed by atoms with Crippen LogP contribution in [0.1, 0.15) is 84.0 Å². The zero-order chi connectivity index (χ0) is 16.2. The van der Waals surface area contributed by atoms with Crippen LogP contribution in [0.15, 0.2) is 4.52 Å². The van der Waals surface area contributed by atoms with Crippen LogP contribution >= 0.6 is 0 Å². The Morgan fingerprint density at radius 1 is 1.32 bits per heavy atom. The van der Waals surface area contributed by atoms with Crippen LogP contribution in [-0.2, 0) is 15.1 Å². The molecule has 6 nitrogen and oxygen atoms in total. The van der Waals surface area contributed by atoms with Gasteiger partial charge in [-0.1, -0.05) is 30.8 Å². The minimum atomic E-state index is -0.657. The predicted octanol–water partition coefficient (Wildman–Crippen LogP) is 3.24. The van der Waals surface area contributed by atoms with Gasteiger partial charge in [-0.05, 0) is 33.6 Å².